The summed E-state index contributed by atoms with van der Waals surface area (Å²) in [4.78, 5) is 34.0. The molecule has 0 radical (unpaired) electrons. The van der Waals surface area contributed by atoms with Crippen molar-refractivity contribution >= 4 is 23.3 Å². The van der Waals surface area contributed by atoms with E-state index in [1.54, 1.807) is 13.8 Å². The van der Waals surface area contributed by atoms with Crippen LogP contribution in [0.4, 0.5) is 5.69 Å². The first-order valence-corrected chi connectivity index (χ1v) is 7.53. The van der Waals surface area contributed by atoms with Gasteiger partial charge in [0.05, 0.1) is 17.4 Å². The van der Waals surface area contributed by atoms with Gasteiger partial charge in [0.15, 0.2) is 0 Å². The van der Waals surface area contributed by atoms with Gasteiger partial charge in [0, 0.05) is 23.4 Å². The molecule has 24 heavy (non-hydrogen) atoms. The number of rotatable bonds is 7. The Labute approximate surface area is 140 Å². The number of amides is 1. The number of nitro benzene ring substituents is 1. The molecule has 1 amide bonds. The molecule has 0 heterocycles. The molecule has 1 aromatic rings. The maximum Gasteiger partial charge on any atom is 0.314 e. The van der Waals surface area contributed by atoms with Gasteiger partial charge in [-0.25, -0.2) is 5.43 Å². The zero-order chi connectivity index (χ0) is 18.3. The minimum Gasteiger partial charge on any atom is -0.465 e. The summed E-state index contributed by atoms with van der Waals surface area (Å²) in [5.41, 5.74) is 2.91. The topological polar surface area (TPSA) is 111 Å². The second kappa shape index (κ2) is 8.76. The van der Waals surface area contributed by atoms with Gasteiger partial charge in [-0.15, -0.1) is 0 Å². The van der Waals surface area contributed by atoms with Gasteiger partial charge in [-0.1, -0.05) is 13.8 Å². The van der Waals surface area contributed by atoms with E-state index in [0.717, 1.165) is 0 Å². The average molecular weight is 335 g/mol. The van der Waals surface area contributed by atoms with E-state index in [1.165, 1.54) is 24.3 Å². The van der Waals surface area contributed by atoms with Crippen molar-refractivity contribution in [1.82, 2.24) is 5.43 Å². The fraction of sp³-hybridized carbons (Fsp3) is 0.438. The van der Waals surface area contributed by atoms with Gasteiger partial charge in [-0.3, -0.25) is 19.7 Å². The summed E-state index contributed by atoms with van der Waals surface area (Å²) in [5, 5.41) is 14.6. The number of hydrazone groups is 1. The molecule has 1 rings (SSSR count). The molecule has 0 unspecified atom stereocenters. The zero-order valence-electron chi connectivity index (χ0n) is 14.1. The largest absolute Gasteiger partial charge is 0.465 e. The van der Waals surface area contributed by atoms with Gasteiger partial charge in [0.2, 0.25) is 0 Å². The Kier molecular flexibility index (Phi) is 7.03. The molecule has 1 atom stereocenters. The zero-order valence-corrected chi connectivity index (χ0v) is 14.1. The molecule has 0 aliphatic heterocycles. The minimum absolute atomic E-state index is 0.0379. The van der Waals surface area contributed by atoms with Gasteiger partial charge in [-0.2, -0.15) is 5.10 Å². The third kappa shape index (κ3) is 5.15. The van der Waals surface area contributed by atoms with Crippen LogP contribution in [0.1, 0.15) is 38.1 Å². The summed E-state index contributed by atoms with van der Waals surface area (Å²) in [5.74, 6) is -1.50. The molecule has 0 spiro atoms. The van der Waals surface area contributed by atoms with Crippen molar-refractivity contribution in [2.75, 3.05) is 6.61 Å². The summed E-state index contributed by atoms with van der Waals surface area (Å²) in [7, 11) is 0. The SMILES string of the molecule is CCOC(=O)[C@H](/C(C)=N/NC(=O)c1ccc([N+](=O)[O-])cc1)C(C)C. The average Bonchev–Trinajstić information content (AvgIpc) is 2.52. The van der Waals surface area contributed by atoms with E-state index in [-0.39, 0.29) is 23.8 Å². The fourth-order valence-electron chi connectivity index (χ4n) is 2.16. The third-order valence-electron chi connectivity index (χ3n) is 3.33. The lowest BCUT2D eigenvalue weighted by Gasteiger charge is -2.18. The smallest absolute Gasteiger partial charge is 0.314 e. The number of non-ortho nitro benzene ring substituents is 1. The van der Waals surface area contributed by atoms with E-state index in [0.29, 0.717) is 5.71 Å². The monoisotopic (exact) mass is 335 g/mol. The molecule has 0 aliphatic rings. The van der Waals surface area contributed by atoms with Crippen LogP contribution in [0.15, 0.2) is 29.4 Å². The molecule has 0 bridgehead atoms. The van der Waals surface area contributed by atoms with E-state index >= 15 is 0 Å². The van der Waals surface area contributed by atoms with Crippen molar-refractivity contribution < 1.29 is 19.2 Å². The van der Waals surface area contributed by atoms with Crippen LogP contribution in [-0.4, -0.2) is 29.1 Å². The van der Waals surface area contributed by atoms with Crippen LogP contribution in [0.2, 0.25) is 0 Å². The first-order chi connectivity index (χ1) is 11.3. The molecule has 0 fully saturated rings. The fourth-order valence-corrected chi connectivity index (χ4v) is 2.16. The first kappa shape index (κ1) is 19.3. The van der Waals surface area contributed by atoms with Crippen molar-refractivity contribution in [1.29, 1.82) is 0 Å². The van der Waals surface area contributed by atoms with E-state index in [1.807, 2.05) is 13.8 Å². The Balaban J connectivity index is 2.83. The van der Waals surface area contributed by atoms with Crippen LogP contribution in [0.25, 0.3) is 0 Å². The Bertz CT molecular complexity index is 638. The molecule has 0 saturated heterocycles. The highest BCUT2D eigenvalue weighted by Crippen LogP contribution is 2.15. The van der Waals surface area contributed by atoms with E-state index in [2.05, 4.69) is 10.5 Å². The molecular formula is C16H21N3O5. The minimum atomic E-state index is -0.554. The predicted octanol–water partition coefficient (Wildman–Crippen LogP) is 2.54. The number of benzene rings is 1. The Morgan fingerprint density at radius 3 is 2.33 bits per heavy atom. The molecular weight excluding hydrogens is 314 g/mol. The van der Waals surface area contributed by atoms with E-state index in [4.69, 9.17) is 4.74 Å². The summed E-state index contributed by atoms with van der Waals surface area (Å²) in [6.45, 7) is 7.35. The number of carbonyl (C=O) groups is 2. The van der Waals surface area contributed by atoms with Gasteiger partial charge in [0.25, 0.3) is 11.6 Å². The van der Waals surface area contributed by atoms with Crippen molar-refractivity contribution in [3.05, 3.63) is 39.9 Å². The first-order valence-electron chi connectivity index (χ1n) is 7.53. The number of hydrogen-bond acceptors (Lipinski definition) is 6. The number of esters is 1. The van der Waals surface area contributed by atoms with Crippen LogP contribution >= 0.6 is 0 Å². The predicted molar refractivity (Wildman–Crippen MR) is 88.6 cm³/mol. The number of nitrogens with zero attached hydrogens (tertiary/aromatic N) is 2. The van der Waals surface area contributed by atoms with Crippen LogP contribution in [-0.2, 0) is 9.53 Å². The summed E-state index contributed by atoms with van der Waals surface area (Å²) in [6, 6.07) is 5.15. The molecule has 0 saturated carbocycles. The molecule has 0 aliphatic carbocycles. The lowest BCUT2D eigenvalue weighted by molar-refractivity contribution is -0.384. The van der Waals surface area contributed by atoms with Crippen molar-refractivity contribution in [2.45, 2.75) is 27.7 Å². The van der Waals surface area contributed by atoms with Gasteiger partial charge in [-0.05, 0) is 31.9 Å². The normalized spacial score (nSPS) is 12.6. The number of nitro groups is 1. The second-order valence-electron chi connectivity index (χ2n) is 5.47. The van der Waals surface area contributed by atoms with Crippen LogP contribution in [0.5, 0.6) is 0 Å². The molecule has 8 nitrogen and oxygen atoms in total. The molecule has 0 aromatic heterocycles. The molecule has 1 N–H and O–H groups in total. The molecule has 130 valence electrons. The van der Waals surface area contributed by atoms with Crippen molar-refractivity contribution in [3.63, 3.8) is 0 Å². The standard InChI is InChI=1S/C16H21N3O5/c1-5-24-16(21)14(10(2)3)11(4)17-18-15(20)12-6-8-13(9-7-12)19(22)23/h6-10,14H,5H2,1-4H3,(H,18,20)/b17-11+/t14-/m0/s1. The second-order valence-corrected chi connectivity index (χ2v) is 5.47. The highest BCUT2D eigenvalue weighted by molar-refractivity contribution is 6.02. The lowest BCUT2D eigenvalue weighted by Crippen LogP contribution is -2.31. The van der Waals surface area contributed by atoms with Crippen LogP contribution in [0.3, 0.4) is 0 Å². The maximum atomic E-state index is 12.0. The molecule has 8 heteroatoms. The number of ether oxygens (including phenoxy) is 1. The van der Waals surface area contributed by atoms with Crippen LogP contribution < -0.4 is 5.43 Å². The van der Waals surface area contributed by atoms with Crippen molar-refractivity contribution in [2.24, 2.45) is 16.9 Å². The number of hydrogen-bond donors (Lipinski definition) is 1. The number of nitrogens with one attached hydrogen (secondary N) is 1. The highest BCUT2D eigenvalue weighted by Gasteiger charge is 2.26. The van der Waals surface area contributed by atoms with E-state index < -0.39 is 22.7 Å². The van der Waals surface area contributed by atoms with Crippen molar-refractivity contribution in [3.8, 4) is 0 Å². The lowest BCUT2D eigenvalue weighted by atomic mass is 9.92. The van der Waals surface area contributed by atoms with Gasteiger partial charge in [0.1, 0.15) is 0 Å². The van der Waals surface area contributed by atoms with Gasteiger partial charge < -0.3 is 4.74 Å². The Morgan fingerprint density at radius 1 is 1.29 bits per heavy atom. The quantitative estimate of drug-likeness (QED) is 0.356. The third-order valence-corrected chi connectivity index (χ3v) is 3.33. The Morgan fingerprint density at radius 2 is 1.88 bits per heavy atom. The Hall–Kier alpha value is -2.77. The number of carbonyl (C=O) groups excluding carboxylic acids is 2. The molecule has 1 aromatic carbocycles. The highest BCUT2D eigenvalue weighted by atomic mass is 16.6. The summed E-state index contributed by atoms with van der Waals surface area (Å²) in [6.07, 6.45) is 0. The van der Waals surface area contributed by atoms with Crippen LogP contribution in [0, 0.1) is 22.0 Å². The maximum absolute atomic E-state index is 12.0. The van der Waals surface area contributed by atoms with E-state index in [9.17, 15) is 19.7 Å². The summed E-state index contributed by atoms with van der Waals surface area (Å²) < 4.78 is 5.02. The summed E-state index contributed by atoms with van der Waals surface area (Å²) >= 11 is 0. The van der Waals surface area contributed by atoms with Gasteiger partial charge >= 0.3 is 5.97 Å².